The molecule has 2 aromatic heterocycles. The average Bonchev–Trinajstić information content (AvgIpc) is 2.98. The quantitative estimate of drug-likeness (QED) is 0.772. The molecule has 0 aromatic carbocycles. The molecule has 0 spiro atoms. The van der Waals surface area contributed by atoms with Gasteiger partial charge in [-0.1, -0.05) is 13.8 Å². The SMILES string of the molecule is CCCNCc1ccnn1Cc1cc(CC)nn1C. The van der Waals surface area contributed by atoms with Gasteiger partial charge in [0.25, 0.3) is 0 Å². The molecule has 104 valence electrons. The molecule has 2 rings (SSSR count). The van der Waals surface area contributed by atoms with E-state index in [1.807, 2.05) is 22.6 Å². The molecule has 2 heterocycles. The molecule has 5 nitrogen and oxygen atoms in total. The van der Waals surface area contributed by atoms with E-state index < -0.39 is 0 Å². The first-order chi connectivity index (χ1) is 9.24. The summed E-state index contributed by atoms with van der Waals surface area (Å²) in [5.74, 6) is 0. The van der Waals surface area contributed by atoms with E-state index in [0.717, 1.165) is 38.2 Å². The van der Waals surface area contributed by atoms with Gasteiger partial charge in [0.15, 0.2) is 0 Å². The fourth-order valence-electron chi connectivity index (χ4n) is 2.09. The van der Waals surface area contributed by atoms with Crippen LogP contribution >= 0.6 is 0 Å². The third-order valence-corrected chi connectivity index (χ3v) is 3.24. The predicted octanol–water partition coefficient (Wildman–Crippen LogP) is 1.73. The van der Waals surface area contributed by atoms with Crippen LogP contribution in [-0.4, -0.2) is 26.1 Å². The molecule has 0 radical (unpaired) electrons. The number of nitrogens with one attached hydrogen (secondary N) is 1. The summed E-state index contributed by atoms with van der Waals surface area (Å²) in [6, 6.07) is 4.23. The second kappa shape index (κ2) is 6.52. The lowest BCUT2D eigenvalue weighted by molar-refractivity contribution is 0.568. The third kappa shape index (κ3) is 3.44. The number of hydrogen-bond donors (Lipinski definition) is 1. The Balaban J connectivity index is 2.06. The van der Waals surface area contributed by atoms with Crippen molar-refractivity contribution in [3.05, 3.63) is 35.4 Å². The van der Waals surface area contributed by atoms with E-state index in [9.17, 15) is 0 Å². The van der Waals surface area contributed by atoms with Gasteiger partial charge in [-0.2, -0.15) is 10.2 Å². The van der Waals surface area contributed by atoms with Gasteiger partial charge in [-0.05, 0) is 31.5 Å². The summed E-state index contributed by atoms with van der Waals surface area (Å²) in [5, 5.41) is 12.3. The van der Waals surface area contributed by atoms with Gasteiger partial charge >= 0.3 is 0 Å². The molecule has 0 amide bonds. The molecule has 0 aliphatic rings. The van der Waals surface area contributed by atoms with E-state index in [-0.39, 0.29) is 0 Å². The molecule has 0 saturated heterocycles. The van der Waals surface area contributed by atoms with Gasteiger partial charge in [0.2, 0.25) is 0 Å². The van der Waals surface area contributed by atoms with E-state index in [4.69, 9.17) is 0 Å². The minimum absolute atomic E-state index is 0.777. The first kappa shape index (κ1) is 13.8. The Morgan fingerprint density at radius 3 is 2.79 bits per heavy atom. The molecule has 0 aliphatic heterocycles. The number of nitrogens with zero attached hydrogens (tertiary/aromatic N) is 4. The molecule has 5 heteroatoms. The molecule has 19 heavy (non-hydrogen) atoms. The van der Waals surface area contributed by atoms with E-state index in [1.54, 1.807) is 0 Å². The molecule has 0 aliphatic carbocycles. The Morgan fingerprint density at radius 2 is 2.11 bits per heavy atom. The zero-order valence-corrected chi connectivity index (χ0v) is 12.1. The molecule has 0 atom stereocenters. The van der Waals surface area contributed by atoms with Crippen molar-refractivity contribution in [2.75, 3.05) is 6.54 Å². The largest absolute Gasteiger partial charge is 0.311 e. The van der Waals surface area contributed by atoms with Crippen LogP contribution in [0.1, 0.15) is 37.4 Å². The Labute approximate surface area is 114 Å². The van der Waals surface area contributed by atoms with Crippen LogP contribution in [0.4, 0.5) is 0 Å². The maximum atomic E-state index is 4.47. The maximum Gasteiger partial charge on any atom is 0.0831 e. The molecule has 2 aromatic rings. The molecule has 0 bridgehead atoms. The number of hydrogen-bond acceptors (Lipinski definition) is 3. The first-order valence-electron chi connectivity index (χ1n) is 6.97. The van der Waals surface area contributed by atoms with Crippen LogP contribution in [0.2, 0.25) is 0 Å². The summed E-state index contributed by atoms with van der Waals surface area (Å²) in [6.07, 6.45) is 3.98. The van der Waals surface area contributed by atoms with Crippen molar-refractivity contribution >= 4 is 0 Å². The summed E-state index contributed by atoms with van der Waals surface area (Å²) in [7, 11) is 1.99. The zero-order chi connectivity index (χ0) is 13.7. The number of aryl methyl sites for hydroxylation is 2. The van der Waals surface area contributed by atoms with Gasteiger partial charge in [0, 0.05) is 19.8 Å². The van der Waals surface area contributed by atoms with Gasteiger partial charge in [-0.3, -0.25) is 9.36 Å². The average molecular weight is 261 g/mol. The van der Waals surface area contributed by atoms with Crippen LogP contribution in [0.3, 0.4) is 0 Å². The van der Waals surface area contributed by atoms with E-state index in [0.29, 0.717) is 0 Å². The van der Waals surface area contributed by atoms with Gasteiger partial charge in [-0.25, -0.2) is 0 Å². The Kier molecular flexibility index (Phi) is 4.74. The number of rotatable bonds is 7. The Bertz CT molecular complexity index is 512. The summed E-state index contributed by atoms with van der Waals surface area (Å²) in [5.41, 5.74) is 3.54. The van der Waals surface area contributed by atoms with Gasteiger partial charge < -0.3 is 5.32 Å². The fourth-order valence-corrected chi connectivity index (χ4v) is 2.09. The van der Waals surface area contributed by atoms with E-state index in [1.165, 1.54) is 11.4 Å². The molecular weight excluding hydrogens is 238 g/mol. The zero-order valence-electron chi connectivity index (χ0n) is 12.1. The van der Waals surface area contributed by atoms with Crippen molar-refractivity contribution in [1.82, 2.24) is 24.9 Å². The highest BCUT2D eigenvalue weighted by Gasteiger charge is 2.07. The van der Waals surface area contributed by atoms with Gasteiger partial charge in [0.1, 0.15) is 0 Å². The van der Waals surface area contributed by atoms with Gasteiger partial charge in [-0.15, -0.1) is 0 Å². The molecule has 0 unspecified atom stereocenters. The minimum atomic E-state index is 0.777. The topological polar surface area (TPSA) is 47.7 Å². The third-order valence-electron chi connectivity index (χ3n) is 3.24. The summed E-state index contributed by atoms with van der Waals surface area (Å²) in [4.78, 5) is 0. The second-order valence-electron chi connectivity index (χ2n) is 4.76. The maximum absolute atomic E-state index is 4.47. The van der Waals surface area contributed by atoms with Crippen molar-refractivity contribution in [1.29, 1.82) is 0 Å². The lowest BCUT2D eigenvalue weighted by Crippen LogP contribution is -2.18. The monoisotopic (exact) mass is 261 g/mol. The number of aromatic nitrogens is 4. The first-order valence-corrected chi connectivity index (χ1v) is 6.97. The van der Waals surface area contributed by atoms with E-state index >= 15 is 0 Å². The highest BCUT2D eigenvalue weighted by atomic mass is 15.3. The molecule has 0 fully saturated rings. The lowest BCUT2D eigenvalue weighted by Gasteiger charge is -2.08. The van der Waals surface area contributed by atoms with Crippen molar-refractivity contribution in [2.24, 2.45) is 7.05 Å². The summed E-state index contributed by atoms with van der Waals surface area (Å²) in [6.45, 7) is 6.98. The van der Waals surface area contributed by atoms with Crippen molar-refractivity contribution < 1.29 is 0 Å². The fraction of sp³-hybridized carbons (Fsp3) is 0.571. The predicted molar refractivity (Wildman–Crippen MR) is 75.9 cm³/mol. The standard InChI is InChI=1S/C14H23N5/c1-4-7-15-10-13-6-8-16-19(13)11-14-9-12(5-2)17-18(14)3/h6,8-9,15H,4-5,7,10-11H2,1-3H3. The van der Waals surface area contributed by atoms with Crippen molar-refractivity contribution in [2.45, 2.75) is 39.8 Å². The van der Waals surface area contributed by atoms with Gasteiger partial charge in [0.05, 0.1) is 23.6 Å². The molecular formula is C14H23N5. The second-order valence-corrected chi connectivity index (χ2v) is 4.76. The highest BCUT2D eigenvalue weighted by molar-refractivity contribution is 5.12. The summed E-state index contributed by atoms with van der Waals surface area (Å²) < 4.78 is 3.99. The van der Waals surface area contributed by atoms with Crippen molar-refractivity contribution in [3.63, 3.8) is 0 Å². The normalized spacial score (nSPS) is 11.1. The lowest BCUT2D eigenvalue weighted by atomic mass is 10.3. The van der Waals surface area contributed by atoms with Crippen molar-refractivity contribution in [3.8, 4) is 0 Å². The van der Waals surface area contributed by atoms with Crippen LogP contribution in [-0.2, 0) is 26.6 Å². The Morgan fingerprint density at radius 1 is 1.26 bits per heavy atom. The summed E-state index contributed by atoms with van der Waals surface area (Å²) >= 11 is 0. The van der Waals surface area contributed by atoms with Crippen LogP contribution in [0.25, 0.3) is 0 Å². The molecule has 1 N–H and O–H groups in total. The smallest absolute Gasteiger partial charge is 0.0831 e. The van der Waals surface area contributed by atoms with Crippen LogP contribution in [0, 0.1) is 0 Å². The Hall–Kier alpha value is -1.62. The molecule has 0 saturated carbocycles. The van der Waals surface area contributed by atoms with Crippen LogP contribution < -0.4 is 5.32 Å². The minimum Gasteiger partial charge on any atom is -0.311 e. The van der Waals surface area contributed by atoms with Crippen LogP contribution in [0.5, 0.6) is 0 Å². The highest BCUT2D eigenvalue weighted by Crippen LogP contribution is 2.08. The van der Waals surface area contributed by atoms with Crippen LogP contribution in [0.15, 0.2) is 18.3 Å². The van der Waals surface area contributed by atoms with E-state index in [2.05, 4.69) is 41.5 Å².